The van der Waals surface area contributed by atoms with Crippen LogP contribution in [-0.4, -0.2) is 32.2 Å². The maximum absolute atomic E-state index is 12.6. The summed E-state index contributed by atoms with van der Waals surface area (Å²) in [6, 6.07) is 1.83. The van der Waals surface area contributed by atoms with Crippen molar-refractivity contribution < 1.29 is 23.1 Å². The van der Waals surface area contributed by atoms with Crippen molar-refractivity contribution in [3.8, 4) is 0 Å². The largest absolute Gasteiger partial charge is 0.477 e. The lowest BCUT2D eigenvalue weighted by Gasteiger charge is -2.06. The van der Waals surface area contributed by atoms with Gasteiger partial charge in [0.2, 0.25) is 0 Å². The number of hydrogen-bond donors (Lipinski definition) is 2. The van der Waals surface area contributed by atoms with E-state index in [4.69, 9.17) is 5.11 Å². The first-order chi connectivity index (χ1) is 8.82. The van der Waals surface area contributed by atoms with Gasteiger partial charge in [-0.1, -0.05) is 0 Å². The minimum atomic E-state index is -4.61. The van der Waals surface area contributed by atoms with Crippen molar-refractivity contribution in [2.75, 3.05) is 11.9 Å². The Bertz CT molecular complexity index is 635. The summed E-state index contributed by atoms with van der Waals surface area (Å²) >= 11 is 0. The van der Waals surface area contributed by atoms with E-state index >= 15 is 0 Å². The molecule has 0 radical (unpaired) electrons. The van der Waals surface area contributed by atoms with Crippen molar-refractivity contribution in [1.29, 1.82) is 0 Å². The van der Waals surface area contributed by atoms with E-state index in [1.165, 1.54) is 0 Å². The number of carboxylic acids is 1. The average Bonchev–Trinajstić information content (AvgIpc) is 2.72. The number of fused-ring (bicyclic) bond motifs is 1. The van der Waals surface area contributed by atoms with E-state index in [1.54, 1.807) is 6.92 Å². The van der Waals surface area contributed by atoms with Crippen molar-refractivity contribution in [2.45, 2.75) is 13.1 Å². The van der Waals surface area contributed by atoms with Gasteiger partial charge in [0.15, 0.2) is 17.0 Å². The molecule has 0 spiro atoms. The topological polar surface area (TPSA) is 79.5 Å². The molecule has 2 aromatic rings. The summed E-state index contributed by atoms with van der Waals surface area (Å²) < 4.78 is 38.6. The van der Waals surface area contributed by atoms with E-state index in [-0.39, 0.29) is 17.2 Å². The Kier molecular flexibility index (Phi) is 3.05. The molecule has 0 saturated heterocycles. The predicted octanol–water partition coefficient (Wildman–Crippen LogP) is 1.88. The molecule has 9 heteroatoms. The normalized spacial score (nSPS) is 11.8. The number of carbonyl (C=O) groups is 1. The molecule has 0 bridgehead atoms. The quantitative estimate of drug-likeness (QED) is 0.893. The van der Waals surface area contributed by atoms with Crippen molar-refractivity contribution >= 4 is 17.4 Å². The SMILES string of the molecule is CCNc1cc(C(=O)O)nc2cc(C(F)(F)F)nn12. The van der Waals surface area contributed by atoms with Gasteiger partial charge in [0.1, 0.15) is 5.82 Å². The third kappa shape index (κ3) is 2.44. The molecule has 0 saturated carbocycles. The molecule has 2 aromatic heterocycles. The highest BCUT2D eigenvalue weighted by Gasteiger charge is 2.34. The molecule has 2 rings (SSSR count). The molecule has 2 heterocycles. The van der Waals surface area contributed by atoms with Crippen LogP contribution < -0.4 is 5.32 Å². The van der Waals surface area contributed by atoms with Crippen LogP contribution in [0.25, 0.3) is 5.65 Å². The van der Waals surface area contributed by atoms with Crippen LogP contribution in [0.3, 0.4) is 0 Å². The van der Waals surface area contributed by atoms with E-state index in [2.05, 4.69) is 15.4 Å². The molecule has 0 fully saturated rings. The zero-order valence-corrected chi connectivity index (χ0v) is 9.69. The van der Waals surface area contributed by atoms with E-state index in [0.29, 0.717) is 12.6 Å². The fourth-order valence-electron chi connectivity index (χ4n) is 1.53. The van der Waals surface area contributed by atoms with Gasteiger partial charge in [0, 0.05) is 18.7 Å². The zero-order chi connectivity index (χ0) is 14.2. The molecule has 0 aliphatic heterocycles. The van der Waals surface area contributed by atoms with Gasteiger partial charge in [-0.15, -0.1) is 0 Å². The standard InChI is InChI=1S/C10H9F3N4O2/c1-2-14-7-3-5(9(18)19)15-8-4-6(10(11,12)13)16-17(7)8/h3-4,14H,2H2,1H3,(H,18,19). The molecular formula is C10H9F3N4O2. The maximum Gasteiger partial charge on any atom is 0.435 e. The molecule has 102 valence electrons. The second-order valence-electron chi connectivity index (χ2n) is 3.66. The minimum absolute atomic E-state index is 0.139. The number of nitrogens with zero attached hydrogens (tertiary/aromatic N) is 3. The summed E-state index contributed by atoms with van der Waals surface area (Å²) in [5, 5.41) is 15.0. The number of nitrogens with one attached hydrogen (secondary N) is 1. The Morgan fingerprint density at radius 2 is 2.16 bits per heavy atom. The Balaban J connectivity index is 2.67. The van der Waals surface area contributed by atoms with Crippen LogP contribution in [0.2, 0.25) is 0 Å². The molecule has 0 aliphatic rings. The van der Waals surface area contributed by atoms with E-state index in [9.17, 15) is 18.0 Å². The van der Waals surface area contributed by atoms with E-state index < -0.39 is 17.8 Å². The smallest absolute Gasteiger partial charge is 0.435 e. The third-order valence-corrected chi connectivity index (χ3v) is 2.29. The second kappa shape index (κ2) is 4.41. The summed E-state index contributed by atoms with van der Waals surface area (Å²) in [6.07, 6.45) is -4.61. The summed E-state index contributed by atoms with van der Waals surface area (Å²) in [5.74, 6) is -1.18. The Hall–Kier alpha value is -2.32. The van der Waals surface area contributed by atoms with Crippen LogP contribution in [0.4, 0.5) is 19.0 Å². The van der Waals surface area contributed by atoms with E-state index in [1.807, 2.05) is 0 Å². The second-order valence-corrected chi connectivity index (χ2v) is 3.66. The van der Waals surface area contributed by atoms with Gasteiger partial charge >= 0.3 is 12.1 Å². The Morgan fingerprint density at radius 1 is 1.47 bits per heavy atom. The highest BCUT2D eigenvalue weighted by Crippen LogP contribution is 2.29. The highest BCUT2D eigenvalue weighted by molar-refractivity contribution is 5.87. The number of carboxylic acid groups (broad SMARTS) is 1. The van der Waals surface area contributed by atoms with Crippen LogP contribution in [-0.2, 0) is 6.18 Å². The third-order valence-electron chi connectivity index (χ3n) is 2.29. The first-order valence-corrected chi connectivity index (χ1v) is 5.28. The van der Waals surface area contributed by atoms with Crippen molar-refractivity contribution in [2.24, 2.45) is 0 Å². The average molecular weight is 274 g/mol. The number of rotatable bonds is 3. The van der Waals surface area contributed by atoms with Crippen LogP contribution in [0.5, 0.6) is 0 Å². The lowest BCUT2D eigenvalue weighted by Crippen LogP contribution is -2.10. The lowest BCUT2D eigenvalue weighted by molar-refractivity contribution is -0.141. The molecule has 6 nitrogen and oxygen atoms in total. The van der Waals surface area contributed by atoms with Crippen molar-refractivity contribution in [3.05, 3.63) is 23.5 Å². The maximum atomic E-state index is 12.6. The fourth-order valence-corrected chi connectivity index (χ4v) is 1.53. The van der Waals surface area contributed by atoms with E-state index in [0.717, 1.165) is 10.6 Å². The number of hydrogen-bond acceptors (Lipinski definition) is 4. The summed E-state index contributed by atoms with van der Waals surface area (Å²) in [6.45, 7) is 2.13. The monoisotopic (exact) mass is 274 g/mol. The molecular weight excluding hydrogens is 265 g/mol. The van der Waals surface area contributed by atoms with Crippen molar-refractivity contribution in [3.63, 3.8) is 0 Å². The van der Waals surface area contributed by atoms with Gasteiger partial charge in [-0.2, -0.15) is 22.8 Å². The zero-order valence-electron chi connectivity index (χ0n) is 9.69. The van der Waals surface area contributed by atoms with Crippen LogP contribution >= 0.6 is 0 Å². The van der Waals surface area contributed by atoms with Gasteiger partial charge in [0.05, 0.1) is 0 Å². The minimum Gasteiger partial charge on any atom is -0.477 e. The van der Waals surface area contributed by atoms with Gasteiger partial charge in [-0.05, 0) is 6.92 Å². The summed E-state index contributed by atoms with van der Waals surface area (Å²) in [7, 11) is 0. The number of anilines is 1. The lowest BCUT2D eigenvalue weighted by atomic mass is 10.3. The number of alkyl halides is 3. The van der Waals surface area contributed by atoms with Gasteiger partial charge in [0.25, 0.3) is 0 Å². The molecule has 0 aromatic carbocycles. The van der Waals surface area contributed by atoms with Gasteiger partial charge in [-0.3, -0.25) is 0 Å². The Morgan fingerprint density at radius 3 is 2.68 bits per heavy atom. The number of aromatic nitrogens is 3. The van der Waals surface area contributed by atoms with Crippen LogP contribution in [0, 0.1) is 0 Å². The van der Waals surface area contributed by atoms with Crippen LogP contribution in [0.15, 0.2) is 12.1 Å². The predicted molar refractivity (Wildman–Crippen MR) is 59.1 cm³/mol. The number of halogens is 3. The molecule has 0 unspecified atom stereocenters. The highest BCUT2D eigenvalue weighted by atomic mass is 19.4. The number of aromatic carboxylic acids is 1. The van der Waals surface area contributed by atoms with Gasteiger partial charge in [-0.25, -0.2) is 9.78 Å². The van der Waals surface area contributed by atoms with Gasteiger partial charge < -0.3 is 10.4 Å². The summed E-state index contributed by atoms with van der Waals surface area (Å²) in [4.78, 5) is 14.5. The Labute approximate surface area is 104 Å². The molecule has 19 heavy (non-hydrogen) atoms. The molecule has 0 aliphatic carbocycles. The first-order valence-electron chi connectivity index (χ1n) is 5.28. The molecule has 0 atom stereocenters. The molecule has 0 amide bonds. The first kappa shape index (κ1) is 13.1. The summed E-state index contributed by atoms with van der Waals surface area (Å²) in [5.41, 5.74) is -1.65. The fraction of sp³-hybridized carbons (Fsp3) is 0.300. The van der Waals surface area contributed by atoms with Crippen LogP contribution in [0.1, 0.15) is 23.1 Å². The molecule has 2 N–H and O–H groups in total. The van der Waals surface area contributed by atoms with Crippen molar-refractivity contribution in [1.82, 2.24) is 14.6 Å².